The van der Waals surface area contributed by atoms with E-state index in [1.54, 1.807) is 6.33 Å². The van der Waals surface area contributed by atoms with Crippen LogP contribution < -0.4 is 9.80 Å². The van der Waals surface area contributed by atoms with Crippen molar-refractivity contribution in [1.82, 2.24) is 14.9 Å². The number of nitrogens with zero attached hydrogens (tertiary/aromatic N) is 5. The third-order valence-electron chi connectivity index (χ3n) is 5.77. The van der Waals surface area contributed by atoms with Crippen LogP contribution in [0.3, 0.4) is 0 Å². The number of likely N-dealkylation sites (N-methyl/N-ethyl adjacent to an activating group) is 1. The van der Waals surface area contributed by atoms with Gasteiger partial charge in [0.1, 0.15) is 18.0 Å². The monoisotopic (exact) mass is 351 g/mol. The number of benzene rings is 1. The standard InChI is InChI=1S/C21H29N5/c1-24-11-13-26(14-12-24)21-16-20(22-17-23-21)25-9-7-19(8-10-25)15-18-5-3-2-4-6-18/h2-6,16-17,19H,7-15H2,1H3. The van der Waals surface area contributed by atoms with Crippen LogP contribution >= 0.6 is 0 Å². The Morgan fingerprint density at radius 1 is 0.846 bits per heavy atom. The third kappa shape index (κ3) is 4.15. The van der Waals surface area contributed by atoms with E-state index in [1.807, 2.05) is 0 Å². The molecule has 2 saturated heterocycles. The lowest BCUT2D eigenvalue weighted by Crippen LogP contribution is -2.45. The zero-order valence-electron chi connectivity index (χ0n) is 15.7. The van der Waals surface area contributed by atoms with Gasteiger partial charge >= 0.3 is 0 Å². The molecule has 0 aliphatic carbocycles. The molecule has 3 heterocycles. The van der Waals surface area contributed by atoms with Crippen molar-refractivity contribution in [2.24, 2.45) is 5.92 Å². The molecule has 2 aliphatic heterocycles. The Balaban J connectivity index is 1.35. The molecule has 5 heteroatoms. The molecule has 5 nitrogen and oxygen atoms in total. The van der Waals surface area contributed by atoms with Crippen molar-refractivity contribution in [3.05, 3.63) is 48.3 Å². The van der Waals surface area contributed by atoms with E-state index in [-0.39, 0.29) is 0 Å². The summed E-state index contributed by atoms with van der Waals surface area (Å²) < 4.78 is 0. The van der Waals surface area contributed by atoms with E-state index in [2.05, 4.69) is 68.1 Å². The summed E-state index contributed by atoms with van der Waals surface area (Å²) in [6, 6.07) is 13.1. The summed E-state index contributed by atoms with van der Waals surface area (Å²) in [5, 5.41) is 0. The van der Waals surface area contributed by atoms with E-state index in [0.29, 0.717) is 0 Å². The lowest BCUT2D eigenvalue weighted by atomic mass is 9.90. The maximum absolute atomic E-state index is 4.56. The summed E-state index contributed by atoms with van der Waals surface area (Å²) in [4.78, 5) is 16.3. The fourth-order valence-corrected chi connectivity index (χ4v) is 4.03. The molecule has 0 atom stereocenters. The Bertz CT molecular complexity index is 689. The lowest BCUT2D eigenvalue weighted by Gasteiger charge is -2.35. The van der Waals surface area contributed by atoms with Gasteiger partial charge in [0.05, 0.1) is 0 Å². The molecular formula is C21H29N5. The predicted octanol–water partition coefficient (Wildman–Crippen LogP) is 2.69. The van der Waals surface area contributed by atoms with E-state index >= 15 is 0 Å². The van der Waals surface area contributed by atoms with E-state index < -0.39 is 0 Å². The Hall–Kier alpha value is -2.14. The van der Waals surface area contributed by atoms with Gasteiger partial charge in [-0.1, -0.05) is 30.3 Å². The first-order valence-electron chi connectivity index (χ1n) is 9.82. The molecule has 2 aromatic rings. The molecule has 2 aliphatic rings. The fourth-order valence-electron chi connectivity index (χ4n) is 4.03. The van der Waals surface area contributed by atoms with Crippen molar-refractivity contribution in [2.45, 2.75) is 19.3 Å². The first kappa shape index (κ1) is 17.3. The summed E-state index contributed by atoms with van der Waals surface area (Å²) in [7, 11) is 2.18. The highest BCUT2D eigenvalue weighted by molar-refractivity contribution is 5.50. The number of piperazine rings is 1. The summed E-state index contributed by atoms with van der Waals surface area (Å²) in [5.74, 6) is 2.95. The molecule has 1 aromatic heterocycles. The molecule has 2 fully saturated rings. The van der Waals surface area contributed by atoms with Crippen molar-refractivity contribution in [3.63, 3.8) is 0 Å². The SMILES string of the molecule is CN1CCN(c2cc(N3CCC(Cc4ccccc4)CC3)ncn2)CC1. The predicted molar refractivity (Wildman–Crippen MR) is 107 cm³/mol. The zero-order valence-corrected chi connectivity index (χ0v) is 15.7. The van der Waals surface area contributed by atoms with Crippen LogP contribution in [0.15, 0.2) is 42.7 Å². The van der Waals surface area contributed by atoms with Crippen molar-refractivity contribution in [3.8, 4) is 0 Å². The number of rotatable bonds is 4. The van der Waals surface area contributed by atoms with E-state index in [4.69, 9.17) is 0 Å². The molecule has 0 spiro atoms. The fraction of sp³-hybridized carbons (Fsp3) is 0.524. The van der Waals surface area contributed by atoms with Gasteiger partial charge in [0, 0.05) is 45.3 Å². The second-order valence-electron chi connectivity index (χ2n) is 7.64. The van der Waals surface area contributed by atoms with Crippen LogP contribution in [0.25, 0.3) is 0 Å². The Morgan fingerprint density at radius 3 is 2.12 bits per heavy atom. The van der Waals surface area contributed by atoms with E-state index in [9.17, 15) is 0 Å². The van der Waals surface area contributed by atoms with Crippen LogP contribution in [-0.4, -0.2) is 61.2 Å². The average molecular weight is 351 g/mol. The molecule has 0 amide bonds. The Kier molecular flexibility index (Phi) is 5.34. The maximum Gasteiger partial charge on any atom is 0.134 e. The van der Waals surface area contributed by atoms with Crippen LogP contribution in [0.1, 0.15) is 18.4 Å². The Morgan fingerprint density at radius 2 is 1.46 bits per heavy atom. The number of piperidine rings is 1. The summed E-state index contributed by atoms with van der Waals surface area (Å²) >= 11 is 0. The first-order valence-corrected chi connectivity index (χ1v) is 9.82. The highest BCUT2D eigenvalue weighted by Crippen LogP contribution is 2.26. The minimum Gasteiger partial charge on any atom is -0.356 e. The normalized spacial score (nSPS) is 19.7. The second kappa shape index (κ2) is 8.04. The van der Waals surface area contributed by atoms with Crippen LogP contribution in [-0.2, 0) is 6.42 Å². The highest BCUT2D eigenvalue weighted by atomic mass is 15.3. The lowest BCUT2D eigenvalue weighted by molar-refractivity contribution is 0.312. The zero-order chi connectivity index (χ0) is 17.8. The van der Waals surface area contributed by atoms with Gasteiger partial charge in [0.15, 0.2) is 0 Å². The minimum atomic E-state index is 0.785. The number of hydrogen-bond donors (Lipinski definition) is 0. The topological polar surface area (TPSA) is 35.5 Å². The molecular weight excluding hydrogens is 322 g/mol. The van der Waals surface area contributed by atoms with Gasteiger partial charge in [0.25, 0.3) is 0 Å². The molecule has 26 heavy (non-hydrogen) atoms. The minimum absolute atomic E-state index is 0.785. The second-order valence-corrected chi connectivity index (χ2v) is 7.64. The molecule has 0 N–H and O–H groups in total. The van der Waals surface area contributed by atoms with Crippen LogP contribution in [0.2, 0.25) is 0 Å². The van der Waals surface area contributed by atoms with Gasteiger partial charge < -0.3 is 14.7 Å². The van der Waals surface area contributed by atoms with Crippen LogP contribution in [0.5, 0.6) is 0 Å². The van der Waals surface area contributed by atoms with Crippen molar-refractivity contribution in [2.75, 3.05) is 56.1 Å². The summed E-state index contributed by atoms with van der Waals surface area (Å²) in [6.07, 6.45) is 5.41. The molecule has 1 aromatic carbocycles. The Labute approximate surface area is 156 Å². The van der Waals surface area contributed by atoms with Crippen LogP contribution in [0.4, 0.5) is 11.6 Å². The molecule has 0 radical (unpaired) electrons. The third-order valence-corrected chi connectivity index (χ3v) is 5.77. The van der Waals surface area contributed by atoms with Gasteiger partial charge in [-0.05, 0) is 37.8 Å². The highest BCUT2D eigenvalue weighted by Gasteiger charge is 2.22. The summed E-state index contributed by atoms with van der Waals surface area (Å²) in [5.41, 5.74) is 1.46. The number of anilines is 2. The number of aromatic nitrogens is 2. The quantitative estimate of drug-likeness (QED) is 0.846. The molecule has 0 bridgehead atoms. The largest absolute Gasteiger partial charge is 0.356 e. The van der Waals surface area contributed by atoms with Gasteiger partial charge in [0.2, 0.25) is 0 Å². The smallest absolute Gasteiger partial charge is 0.134 e. The number of hydrogen-bond acceptors (Lipinski definition) is 5. The van der Waals surface area contributed by atoms with Gasteiger partial charge in [-0.25, -0.2) is 9.97 Å². The molecule has 4 rings (SSSR count). The first-order chi connectivity index (χ1) is 12.8. The summed E-state index contributed by atoms with van der Waals surface area (Å²) in [6.45, 7) is 6.49. The van der Waals surface area contributed by atoms with Gasteiger partial charge in [-0.3, -0.25) is 0 Å². The molecule has 138 valence electrons. The van der Waals surface area contributed by atoms with Crippen molar-refractivity contribution >= 4 is 11.6 Å². The van der Waals surface area contributed by atoms with Gasteiger partial charge in [-0.2, -0.15) is 0 Å². The van der Waals surface area contributed by atoms with Crippen molar-refractivity contribution in [1.29, 1.82) is 0 Å². The van der Waals surface area contributed by atoms with Crippen molar-refractivity contribution < 1.29 is 0 Å². The average Bonchev–Trinajstić information content (AvgIpc) is 2.70. The van der Waals surface area contributed by atoms with Crippen LogP contribution in [0, 0.1) is 5.92 Å². The van der Waals surface area contributed by atoms with E-state index in [1.165, 1.54) is 24.8 Å². The van der Waals surface area contributed by atoms with E-state index in [0.717, 1.165) is 56.8 Å². The maximum atomic E-state index is 4.56. The molecule has 0 unspecified atom stereocenters. The molecule has 0 saturated carbocycles. The van der Waals surface area contributed by atoms with Gasteiger partial charge in [-0.15, -0.1) is 0 Å².